The summed E-state index contributed by atoms with van der Waals surface area (Å²) in [5.41, 5.74) is 1.05. The molecule has 0 saturated heterocycles. The molecular formula is C18H19ClN3O2S+. The zero-order valence-corrected chi connectivity index (χ0v) is 15.7. The summed E-state index contributed by atoms with van der Waals surface area (Å²) in [5.74, 6) is 1.44. The van der Waals surface area contributed by atoms with Crippen LogP contribution in [0.4, 0.5) is 0 Å². The number of halogens is 1. The molecule has 0 amide bonds. The van der Waals surface area contributed by atoms with Gasteiger partial charge in [0, 0.05) is 12.6 Å². The third kappa shape index (κ3) is 2.85. The molecule has 25 heavy (non-hydrogen) atoms. The standard InChI is InChI=1S/C18H19ClN3O2S/c1-5-7-11(6-2)15-16(23)22-12(13-10-20-18(19)25-13)8-9-14(22)21(3)17(15)24-4/h5-7,10,12H,1-2,8-9H2,3-4H3/q+1/b11-7+. The number of thiazole rings is 1. The van der Waals surface area contributed by atoms with Crippen molar-refractivity contribution in [1.29, 1.82) is 0 Å². The lowest BCUT2D eigenvalue weighted by Crippen LogP contribution is -2.44. The molecule has 0 bridgehead atoms. The highest BCUT2D eigenvalue weighted by molar-refractivity contribution is 7.15. The van der Waals surface area contributed by atoms with E-state index in [-0.39, 0.29) is 11.6 Å². The zero-order chi connectivity index (χ0) is 18.1. The number of hydrogen-bond acceptors (Lipinski definition) is 4. The van der Waals surface area contributed by atoms with Crippen molar-refractivity contribution in [3.05, 3.63) is 68.7 Å². The van der Waals surface area contributed by atoms with Gasteiger partial charge in [0.1, 0.15) is 6.04 Å². The van der Waals surface area contributed by atoms with Gasteiger partial charge < -0.3 is 4.74 Å². The van der Waals surface area contributed by atoms with Crippen molar-refractivity contribution in [2.75, 3.05) is 7.11 Å². The van der Waals surface area contributed by atoms with E-state index in [9.17, 15) is 4.79 Å². The van der Waals surface area contributed by atoms with E-state index in [1.165, 1.54) is 11.3 Å². The molecule has 3 heterocycles. The van der Waals surface area contributed by atoms with Crippen molar-refractivity contribution in [2.24, 2.45) is 7.05 Å². The quantitative estimate of drug-likeness (QED) is 0.595. The molecule has 0 spiro atoms. The monoisotopic (exact) mass is 376 g/mol. The molecule has 130 valence electrons. The number of aromatic nitrogens is 3. The van der Waals surface area contributed by atoms with E-state index in [2.05, 4.69) is 18.1 Å². The van der Waals surface area contributed by atoms with Crippen LogP contribution in [-0.4, -0.2) is 16.7 Å². The topological polar surface area (TPSA) is 48.0 Å². The number of methoxy groups -OCH3 is 1. The second-order valence-electron chi connectivity index (χ2n) is 5.67. The average molecular weight is 377 g/mol. The van der Waals surface area contributed by atoms with Crippen LogP contribution < -0.4 is 14.9 Å². The number of ether oxygens (including phenoxy) is 1. The molecule has 0 fully saturated rings. The molecule has 0 N–H and O–H groups in total. The molecule has 0 radical (unpaired) electrons. The molecule has 0 saturated carbocycles. The second kappa shape index (κ2) is 6.98. The normalized spacial score (nSPS) is 16.6. The first-order chi connectivity index (χ1) is 12.0. The highest BCUT2D eigenvalue weighted by atomic mass is 35.5. The molecule has 0 aliphatic carbocycles. The predicted octanol–water partition coefficient (Wildman–Crippen LogP) is 3.08. The number of allylic oxidation sites excluding steroid dienone is 4. The Morgan fingerprint density at radius 2 is 2.32 bits per heavy atom. The first-order valence-electron chi connectivity index (χ1n) is 7.81. The Balaban J connectivity index is 2.31. The number of hydrogen-bond donors (Lipinski definition) is 0. The fourth-order valence-corrected chi connectivity index (χ4v) is 4.42. The molecule has 1 unspecified atom stereocenters. The first kappa shape index (κ1) is 17.6. The molecule has 7 heteroatoms. The van der Waals surface area contributed by atoms with Gasteiger partial charge in [-0.3, -0.25) is 0 Å². The lowest BCUT2D eigenvalue weighted by Gasteiger charge is -2.13. The molecule has 5 nitrogen and oxygen atoms in total. The van der Waals surface area contributed by atoms with Gasteiger partial charge in [0.05, 0.1) is 25.5 Å². The first-order valence-corrected chi connectivity index (χ1v) is 9.01. The molecular weight excluding hydrogens is 358 g/mol. The molecule has 1 aliphatic rings. The summed E-state index contributed by atoms with van der Waals surface area (Å²) in [5, 5.41) is 0. The Hall–Kier alpha value is -2.18. The summed E-state index contributed by atoms with van der Waals surface area (Å²) < 4.78 is 9.78. The van der Waals surface area contributed by atoms with E-state index in [0.29, 0.717) is 21.5 Å². The maximum Gasteiger partial charge on any atom is 0.349 e. The van der Waals surface area contributed by atoms with Gasteiger partial charge in [0.25, 0.3) is 11.7 Å². The van der Waals surface area contributed by atoms with Crippen molar-refractivity contribution in [3.8, 4) is 5.88 Å². The van der Waals surface area contributed by atoms with Crippen molar-refractivity contribution in [3.63, 3.8) is 0 Å². The largest absolute Gasteiger partial charge is 0.465 e. The van der Waals surface area contributed by atoms with E-state index >= 15 is 0 Å². The summed E-state index contributed by atoms with van der Waals surface area (Å²) >= 11 is 7.40. The van der Waals surface area contributed by atoms with Crippen LogP contribution in [-0.2, 0) is 13.5 Å². The van der Waals surface area contributed by atoms with Gasteiger partial charge in [-0.1, -0.05) is 43.0 Å². The lowest BCUT2D eigenvalue weighted by molar-refractivity contribution is -0.688. The fraction of sp³-hybridized carbons (Fsp3) is 0.278. The van der Waals surface area contributed by atoms with Crippen LogP contribution in [0.3, 0.4) is 0 Å². The van der Waals surface area contributed by atoms with Gasteiger partial charge in [0.2, 0.25) is 0 Å². The molecule has 1 aliphatic heterocycles. The highest BCUT2D eigenvalue weighted by Gasteiger charge is 2.39. The molecule has 2 aromatic heterocycles. The van der Waals surface area contributed by atoms with Crippen LogP contribution in [0, 0.1) is 0 Å². The SMILES string of the molecule is C=C/C=C(\C=C)c1c(OC)[n+](C)c2n(c1=O)C(c1cnc(Cl)s1)CC2. The van der Waals surface area contributed by atoms with Gasteiger partial charge in [0.15, 0.2) is 10.0 Å². The third-order valence-corrected chi connectivity index (χ3v) is 5.61. The summed E-state index contributed by atoms with van der Waals surface area (Å²) in [7, 11) is 3.48. The second-order valence-corrected chi connectivity index (χ2v) is 7.31. The van der Waals surface area contributed by atoms with Crippen LogP contribution >= 0.6 is 22.9 Å². The Labute approximate surface area is 155 Å². The third-order valence-electron chi connectivity index (χ3n) is 4.39. The van der Waals surface area contributed by atoms with Gasteiger partial charge in [-0.25, -0.2) is 14.3 Å². The smallest absolute Gasteiger partial charge is 0.349 e. The van der Waals surface area contributed by atoms with E-state index < -0.39 is 0 Å². The summed E-state index contributed by atoms with van der Waals surface area (Å²) in [4.78, 5) is 18.5. The minimum atomic E-state index is -0.107. The minimum Gasteiger partial charge on any atom is -0.465 e. The van der Waals surface area contributed by atoms with Crippen molar-refractivity contribution in [1.82, 2.24) is 9.55 Å². The summed E-state index contributed by atoms with van der Waals surface area (Å²) in [6.07, 6.45) is 8.37. The number of nitrogens with zero attached hydrogens (tertiary/aromatic N) is 3. The summed E-state index contributed by atoms with van der Waals surface area (Å²) in [6, 6.07) is -0.0712. The molecule has 1 atom stereocenters. The highest BCUT2D eigenvalue weighted by Crippen LogP contribution is 2.35. The average Bonchev–Trinajstić information content (AvgIpc) is 3.22. The lowest BCUT2D eigenvalue weighted by atomic mass is 10.1. The van der Waals surface area contributed by atoms with Crippen molar-refractivity contribution >= 4 is 28.5 Å². The van der Waals surface area contributed by atoms with Gasteiger partial charge >= 0.3 is 5.56 Å². The number of fused-ring (bicyclic) bond motifs is 1. The van der Waals surface area contributed by atoms with Crippen molar-refractivity contribution in [2.45, 2.75) is 18.9 Å². The van der Waals surface area contributed by atoms with Crippen LogP contribution in [0.1, 0.15) is 28.7 Å². The van der Waals surface area contributed by atoms with E-state index in [4.69, 9.17) is 16.3 Å². The predicted molar refractivity (Wildman–Crippen MR) is 100 cm³/mol. The zero-order valence-electron chi connectivity index (χ0n) is 14.2. The van der Waals surface area contributed by atoms with Gasteiger partial charge in [-0.2, -0.15) is 4.57 Å². The summed E-state index contributed by atoms with van der Waals surface area (Å²) in [6.45, 7) is 7.54. The van der Waals surface area contributed by atoms with E-state index in [1.54, 1.807) is 31.5 Å². The van der Waals surface area contributed by atoms with Crippen molar-refractivity contribution < 1.29 is 9.30 Å². The molecule has 0 aromatic carbocycles. The molecule has 3 rings (SSSR count). The Kier molecular flexibility index (Phi) is 4.92. The maximum absolute atomic E-state index is 13.4. The number of rotatable bonds is 5. The van der Waals surface area contributed by atoms with E-state index in [1.807, 2.05) is 16.2 Å². The Morgan fingerprint density at radius 3 is 2.88 bits per heavy atom. The van der Waals surface area contributed by atoms with Gasteiger partial charge in [-0.05, 0) is 5.57 Å². The van der Waals surface area contributed by atoms with E-state index in [0.717, 1.165) is 23.5 Å². The molecule has 2 aromatic rings. The van der Waals surface area contributed by atoms with Crippen LogP contribution in [0.15, 0.2) is 42.4 Å². The Bertz CT molecular complexity index is 943. The Morgan fingerprint density at radius 1 is 1.56 bits per heavy atom. The van der Waals surface area contributed by atoms with Crippen LogP contribution in [0.25, 0.3) is 5.57 Å². The fourth-order valence-electron chi connectivity index (χ4n) is 3.33. The van der Waals surface area contributed by atoms with Gasteiger partial charge in [-0.15, -0.1) is 11.3 Å². The minimum absolute atomic E-state index is 0.0712. The maximum atomic E-state index is 13.4. The van der Waals surface area contributed by atoms with Crippen LogP contribution in [0.5, 0.6) is 5.88 Å². The van der Waals surface area contributed by atoms with Crippen LogP contribution in [0.2, 0.25) is 4.47 Å².